The molecule has 0 spiro atoms. The Bertz CT molecular complexity index is 1300. The standard InChI is InChI=1S/C26H32N6O2/c1-5-24(25-28-29-30-32(25)11-12-34-4)31(16-20-9-7-6-8-10-20)17-21-15-22-19(3)13-18(2)14-23(22)27-26(21)33/h6-10,13-15,24H,5,11-12,16-17H2,1-4H3,(H,27,33). The van der Waals surface area contributed by atoms with Gasteiger partial charge in [-0.3, -0.25) is 9.69 Å². The highest BCUT2D eigenvalue weighted by Gasteiger charge is 2.26. The summed E-state index contributed by atoms with van der Waals surface area (Å²) >= 11 is 0. The minimum Gasteiger partial charge on any atom is -0.383 e. The Labute approximate surface area is 199 Å². The molecule has 2 aromatic heterocycles. The van der Waals surface area contributed by atoms with Crippen molar-refractivity contribution < 1.29 is 4.74 Å². The second-order valence-electron chi connectivity index (χ2n) is 8.73. The van der Waals surface area contributed by atoms with Gasteiger partial charge in [0.05, 0.1) is 19.2 Å². The number of H-pyrrole nitrogens is 1. The van der Waals surface area contributed by atoms with Gasteiger partial charge in [0.1, 0.15) is 0 Å². The van der Waals surface area contributed by atoms with E-state index < -0.39 is 0 Å². The van der Waals surface area contributed by atoms with Gasteiger partial charge >= 0.3 is 0 Å². The largest absolute Gasteiger partial charge is 0.383 e. The maximum Gasteiger partial charge on any atom is 0.252 e. The van der Waals surface area contributed by atoms with Crippen molar-refractivity contribution in [1.82, 2.24) is 30.1 Å². The number of aromatic amines is 1. The van der Waals surface area contributed by atoms with E-state index in [0.29, 0.717) is 26.2 Å². The Balaban J connectivity index is 1.74. The number of rotatable bonds is 10. The zero-order valence-corrected chi connectivity index (χ0v) is 20.3. The van der Waals surface area contributed by atoms with Crippen LogP contribution in [0.25, 0.3) is 10.9 Å². The smallest absolute Gasteiger partial charge is 0.252 e. The molecule has 0 aliphatic carbocycles. The zero-order valence-electron chi connectivity index (χ0n) is 20.3. The van der Waals surface area contributed by atoms with E-state index in [9.17, 15) is 4.79 Å². The minimum atomic E-state index is -0.0683. The van der Waals surface area contributed by atoms with Gasteiger partial charge in [0.25, 0.3) is 5.56 Å². The van der Waals surface area contributed by atoms with Crippen LogP contribution in [0.4, 0.5) is 0 Å². The first-order valence-corrected chi connectivity index (χ1v) is 11.7. The van der Waals surface area contributed by atoms with E-state index in [1.165, 1.54) is 5.56 Å². The topological polar surface area (TPSA) is 88.9 Å². The number of benzene rings is 2. The molecule has 8 nitrogen and oxygen atoms in total. The van der Waals surface area contributed by atoms with Gasteiger partial charge in [0, 0.05) is 36.7 Å². The molecule has 0 saturated heterocycles. The molecule has 178 valence electrons. The third kappa shape index (κ3) is 5.24. The highest BCUT2D eigenvalue weighted by molar-refractivity contribution is 5.83. The van der Waals surface area contributed by atoms with E-state index in [-0.39, 0.29) is 11.6 Å². The van der Waals surface area contributed by atoms with E-state index in [4.69, 9.17) is 4.74 Å². The van der Waals surface area contributed by atoms with Gasteiger partial charge < -0.3 is 9.72 Å². The molecule has 0 saturated carbocycles. The van der Waals surface area contributed by atoms with Crippen LogP contribution in [0.1, 0.15) is 47.5 Å². The fourth-order valence-corrected chi connectivity index (χ4v) is 4.54. The summed E-state index contributed by atoms with van der Waals surface area (Å²) < 4.78 is 7.03. The number of hydrogen-bond donors (Lipinski definition) is 1. The van der Waals surface area contributed by atoms with Crippen LogP contribution in [0, 0.1) is 13.8 Å². The van der Waals surface area contributed by atoms with E-state index in [1.807, 2.05) is 37.3 Å². The highest BCUT2D eigenvalue weighted by atomic mass is 16.5. The number of fused-ring (bicyclic) bond motifs is 1. The van der Waals surface area contributed by atoms with Crippen molar-refractivity contribution in [2.75, 3.05) is 13.7 Å². The lowest BCUT2D eigenvalue weighted by Gasteiger charge is -2.30. The summed E-state index contributed by atoms with van der Waals surface area (Å²) in [4.78, 5) is 18.5. The summed E-state index contributed by atoms with van der Waals surface area (Å²) in [7, 11) is 1.67. The summed E-state index contributed by atoms with van der Waals surface area (Å²) in [5, 5.41) is 13.5. The number of ether oxygens (including phenoxy) is 1. The molecule has 4 aromatic rings. The lowest BCUT2D eigenvalue weighted by Crippen LogP contribution is -2.32. The van der Waals surface area contributed by atoms with E-state index in [2.05, 4.69) is 57.5 Å². The molecule has 34 heavy (non-hydrogen) atoms. The van der Waals surface area contributed by atoms with Crippen LogP contribution in [0.3, 0.4) is 0 Å². The van der Waals surface area contributed by atoms with Crippen LogP contribution < -0.4 is 5.56 Å². The van der Waals surface area contributed by atoms with Gasteiger partial charge in [-0.25, -0.2) is 4.68 Å². The van der Waals surface area contributed by atoms with Crippen LogP contribution in [0.15, 0.2) is 53.3 Å². The molecule has 0 bridgehead atoms. The first kappa shape index (κ1) is 23.8. The average Bonchev–Trinajstić information content (AvgIpc) is 3.27. The molecule has 0 aliphatic rings. The van der Waals surface area contributed by atoms with Crippen molar-refractivity contribution >= 4 is 10.9 Å². The molecule has 0 fully saturated rings. The molecule has 1 N–H and O–H groups in total. The number of nitrogens with one attached hydrogen (secondary N) is 1. The molecular formula is C26H32N6O2. The fraction of sp³-hybridized carbons (Fsp3) is 0.385. The molecule has 1 atom stereocenters. The van der Waals surface area contributed by atoms with Crippen LogP contribution >= 0.6 is 0 Å². The van der Waals surface area contributed by atoms with Crippen LogP contribution in [0.2, 0.25) is 0 Å². The highest BCUT2D eigenvalue weighted by Crippen LogP contribution is 2.27. The van der Waals surface area contributed by atoms with Crippen LogP contribution in [-0.2, 0) is 24.4 Å². The Morgan fingerprint density at radius 1 is 1.12 bits per heavy atom. The second-order valence-corrected chi connectivity index (χ2v) is 8.73. The number of aryl methyl sites for hydroxylation is 2. The Morgan fingerprint density at radius 3 is 2.65 bits per heavy atom. The van der Waals surface area contributed by atoms with Crippen LogP contribution in [-0.4, -0.2) is 43.8 Å². The summed E-state index contributed by atoms with van der Waals surface area (Å²) in [5.74, 6) is 0.777. The molecule has 1 unspecified atom stereocenters. The third-order valence-corrected chi connectivity index (χ3v) is 6.18. The maximum atomic E-state index is 13.1. The number of pyridine rings is 1. The monoisotopic (exact) mass is 460 g/mol. The number of hydrogen-bond acceptors (Lipinski definition) is 6. The summed E-state index contributed by atoms with van der Waals surface area (Å²) in [6.45, 7) is 8.48. The number of methoxy groups -OCH3 is 1. The van der Waals surface area contributed by atoms with Crippen molar-refractivity contribution in [3.63, 3.8) is 0 Å². The number of tetrazole rings is 1. The first-order chi connectivity index (χ1) is 16.5. The molecule has 4 rings (SSSR count). The predicted octanol–water partition coefficient (Wildman–Crippen LogP) is 3.93. The van der Waals surface area contributed by atoms with Crippen molar-refractivity contribution in [2.45, 2.75) is 52.9 Å². The lowest BCUT2D eigenvalue weighted by molar-refractivity contribution is 0.151. The van der Waals surface area contributed by atoms with Crippen LogP contribution in [0.5, 0.6) is 0 Å². The van der Waals surface area contributed by atoms with Gasteiger partial charge in [-0.05, 0) is 59.5 Å². The minimum absolute atomic E-state index is 0.0654. The normalized spacial score (nSPS) is 12.5. The van der Waals surface area contributed by atoms with Crippen molar-refractivity contribution in [2.24, 2.45) is 0 Å². The van der Waals surface area contributed by atoms with Gasteiger partial charge in [-0.15, -0.1) is 5.10 Å². The predicted molar refractivity (Wildman–Crippen MR) is 132 cm³/mol. The van der Waals surface area contributed by atoms with E-state index in [0.717, 1.165) is 39.8 Å². The van der Waals surface area contributed by atoms with E-state index in [1.54, 1.807) is 11.8 Å². The molecular weight excluding hydrogens is 428 g/mol. The Morgan fingerprint density at radius 2 is 1.91 bits per heavy atom. The molecule has 0 aliphatic heterocycles. The van der Waals surface area contributed by atoms with Gasteiger partial charge in [0.15, 0.2) is 5.82 Å². The zero-order chi connectivity index (χ0) is 24.1. The SMILES string of the molecule is CCC(c1nnnn1CCOC)N(Cc1ccccc1)Cc1cc2c(C)cc(C)cc2[nH]c1=O. The first-order valence-electron chi connectivity index (χ1n) is 11.7. The lowest BCUT2D eigenvalue weighted by atomic mass is 10.0. The molecule has 8 heteroatoms. The quantitative estimate of drug-likeness (QED) is 0.386. The summed E-state index contributed by atoms with van der Waals surface area (Å²) in [5.41, 5.74) is 4.98. The van der Waals surface area contributed by atoms with Crippen molar-refractivity contribution in [3.8, 4) is 0 Å². The van der Waals surface area contributed by atoms with Crippen molar-refractivity contribution in [1.29, 1.82) is 0 Å². The summed E-state index contributed by atoms with van der Waals surface area (Å²) in [6.07, 6.45) is 0.796. The van der Waals surface area contributed by atoms with Gasteiger partial charge in [-0.2, -0.15) is 0 Å². The molecule has 0 radical (unpaired) electrons. The van der Waals surface area contributed by atoms with Crippen molar-refractivity contribution in [3.05, 3.63) is 87.0 Å². The number of nitrogens with zero attached hydrogens (tertiary/aromatic N) is 5. The maximum absolute atomic E-state index is 13.1. The number of aromatic nitrogens is 5. The Hall–Kier alpha value is -3.36. The molecule has 0 amide bonds. The summed E-state index contributed by atoms with van der Waals surface area (Å²) in [6, 6.07) is 16.4. The molecule has 2 aromatic carbocycles. The fourth-order valence-electron chi connectivity index (χ4n) is 4.54. The Kier molecular flexibility index (Phi) is 7.49. The van der Waals surface area contributed by atoms with Gasteiger partial charge in [0.2, 0.25) is 0 Å². The van der Waals surface area contributed by atoms with E-state index >= 15 is 0 Å². The average molecular weight is 461 g/mol. The molecule has 2 heterocycles. The third-order valence-electron chi connectivity index (χ3n) is 6.18. The van der Waals surface area contributed by atoms with Gasteiger partial charge in [-0.1, -0.05) is 43.3 Å². The second kappa shape index (κ2) is 10.7.